The molecule has 1 aliphatic carbocycles. The molecular formula is C12H19NOS. The number of hydrogen-bond acceptors (Lipinski definition) is 3. The molecule has 0 radical (unpaired) electrons. The molecule has 1 saturated carbocycles. The van der Waals surface area contributed by atoms with Gasteiger partial charge < -0.3 is 5.11 Å². The first-order valence-corrected chi connectivity index (χ1v) is 6.74. The Bertz CT molecular complexity index is 286. The SMILES string of the molecule is CCC1CCC(C(O)Cc2nccs2)C1. The number of aliphatic hydroxyl groups is 1. The number of aliphatic hydroxyl groups excluding tert-OH is 1. The van der Waals surface area contributed by atoms with Gasteiger partial charge in [-0.15, -0.1) is 11.3 Å². The molecule has 84 valence electrons. The van der Waals surface area contributed by atoms with E-state index in [0.717, 1.165) is 17.3 Å². The van der Waals surface area contributed by atoms with Crippen LogP contribution >= 0.6 is 11.3 Å². The van der Waals surface area contributed by atoms with Gasteiger partial charge in [-0.2, -0.15) is 0 Å². The molecule has 1 aromatic heterocycles. The number of rotatable bonds is 4. The maximum Gasteiger partial charge on any atom is 0.0950 e. The van der Waals surface area contributed by atoms with Gasteiger partial charge in [0.1, 0.15) is 0 Å². The van der Waals surface area contributed by atoms with Gasteiger partial charge in [-0.3, -0.25) is 0 Å². The molecule has 0 bridgehead atoms. The van der Waals surface area contributed by atoms with Gasteiger partial charge in [0.25, 0.3) is 0 Å². The lowest BCUT2D eigenvalue weighted by molar-refractivity contribution is 0.108. The summed E-state index contributed by atoms with van der Waals surface area (Å²) in [5.74, 6) is 1.36. The molecular weight excluding hydrogens is 206 g/mol. The smallest absolute Gasteiger partial charge is 0.0950 e. The Hall–Kier alpha value is -0.410. The number of aromatic nitrogens is 1. The van der Waals surface area contributed by atoms with Crippen LogP contribution in [0.5, 0.6) is 0 Å². The van der Waals surface area contributed by atoms with Crippen LogP contribution in [0.3, 0.4) is 0 Å². The van der Waals surface area contributed by atoms with Crippen LogP contribution in [0.25, 0.3) is 0 Å². The van der Waals surface area contributed by atoms with Gasteiger partial charge in [0, 0.05) is 18.0 Å². The number of hydrogen-bond donors (Lipinski definition) is 1. The van der Waals surface area contributed by atoms with E-state index in [4.69, 9.17) is 0 Å². The molecule has 1 N–H and O–H groups in total. The van der Waals surface area contributed by atoms with Crippen molar-refractivity contribution in [2.75, 3.05) is 0 Å². The van der Waals surface area contributed by atoms with E-state index in [-0.39, 0.29) is 6.10 Å². The fraction of sp³-hybridized carbons (Fsp3) is 0.750. The summed E-state index contributed by atoms with van der Waals surface area (Å²) < 4.78 is 0. The van der Waals surface area contributed by atoms with Crippen LogP contribution in [0, 0.1) is 11.8 Å². The monoisotopic (exact) mass is 225 g/mol. The maximum absolute atomic E-state index is 10.1. The first-order chi connectivity index (χ1) is 7.29. The Balaban J connectivity index is 1.84. The van der Waals surface area contributed by atoms with E-state index in [0.29, 0.717) is 5.92 Å². The molecule has 1 aliphatic rings. The lowest BCUT2D eigenvalue weighted by Crippen LogP contribution is -2.20. The molecule has 0 saturated heterocycles. The van der Waals surface area contributed by atoms with Crippen LogP contribution in [-0.2, 0) is 6.42 Å². The Morgan fingerprint density at radius 3 is 3.07 bits per heavy atom. The van der Waals surface area contributed by atoms with Gasteiger partial charge in [-0.1, -0.05) is 19.8 Å². The maximum atomic E-state index is 10.1. The van der Waals surface area contributed by atoms with Gasteiger partial charge in [0.15, 0.2) is 0 Å². The van der Waals surface area contributed by atoms with Crippen LogP contribution < -0.4 is 0 Å². The van der Waals surface area contributed by atoms with Crippen molar-refractivity contribution < 1.29 is 5.11 Å². The van der Waals surface area contributed by atoms with Gasteiger partial charge in [-0.25, -0.2) is 4.98 Å². The van der Waals surface area contributed by atoms with E-state index >= 15 is 0 Å². The third-order valence-corrected chi connectivity index (χ3v) is 4.37. The highest BCUT2D eigenvalue weighted by Gasteiger charge is 2.29. The summed E-state index contributed by atoms with van der Waals surface area (Å²) in [6.07, 6.45) is 7.37. The first-order valence-electron chi connectivity index (χ1n) is 5.86. The van der Waals surface area contributed by atoms with Crippen molar-refractivity contribution in [2.45, 2.75) is 45.1 Å². The van der Waals surface area contributed by atoms with Gasteiger partial charge in [-0.05, 0) is 24.7 Å². The Morgan fingerprint density at radius 1 is 1.60 bits per heavy atom. The molecule has 1 fully saturated rings. The zero-order valence-electron chi connectivity index (χ0n) is 9.22. The van der Waals surface area contributed by atoms with Gasteiger partial charge in [0.2, 0.25) is 0 Å². The zero-order valence-corrected chi connectivity index (χ0v) is 10.0. The summed E-state index contributed by atoms with van der Waals surface area (Å²) >= 11 is 1.65. The second-order valence-corrected chi connectivity index (χ2v) is 5.52. The second kappa shape index (κ2) is 5.08. The van der Waals surface area contributed by atoms with Crippen molar-refractivity contribution in [2.24, 2.45) is 11.8 Å². The Kier molecular flexibility index (Phi) is 3.76. The van der Waals surface area contributed by atoms with Crippen molar-refractivity contribution in [1.82, 2.24) is 4.98 Å². The molecule has 0 spiro atoms. The van der Waals surface area contributed by atoms with Crippen molar-refractivity contribution in [3.63, 3.8) is 0 Å². The minimum absolute atomic E-state index is 0.173. The minimum atomic E-state index is -0.173. The predicted molar refractivity (Wildman–Crippen MR) is 62.9 cm³/mol. The van der Waals surface area contributed by atoms with Crippen LogP contribution in [0.4, 0.5) is 0 Å². The lowest BCUT2D eigenvalue weighted by atomic mass is 9.96. The molecule has 3 unspecified atom stereocenters. The van der Waals surface area contributed by atoms with E-state index < -0.39 is 0 Å². The molecule has 0 aliphatic heterocycles. The molecule has 3 atom stereocenters. The minimum Gasteiger partial charge on any atom is -0.392 e. The van der Waals surface area contributed by atoms with E-state index in [1.165, 1.54) is 25.7 Å². The quantitative estimate of drug-likeness (QED) is 0.854. The summed E-state index contributed by atoms with van der Waals surface area (Å²) in [6.45, 7) is 2.25. The third kappa shape index (κ3) is 2.79. The van der Waals surface area contributed by atoms with E-state index in [9.17, 15) is 5.11 Å². The number of thiazole rings is 1. The van der Waals surface area contributed by atoms with Crippen molar-refractivity contribution in [1.29, 1.82) is 0 Å². The molecule has 2 rings (SSSR count). The topological polar surface area (TPSA) is 33.1 Å². The summed E-state index contributed by atoms with van der Waals surface area (Å²) in [4.78, 5) is 4.23. The highest BCUT2D eigenvalue weighted by molar-refractivity contribution is 7.09. The summed E-state index contributed by atoms with van der Waals surface area (Å²) in [5, 5.41) is 13.2. The molecule has 2 nitrogen and oxygen atoms in total. The summed E-state index contributed by atoms with van der Waals surface area (Å²) in [6, 6.07) is 0. The third-order valence-electron chi connectivity index (χ3n) is 3.57. The summed E-state index contributed by atoms with van der Waals surface area (Å²) in [7, 11) is 0. The molecule has 3 heteroatoms. The van der Waals surface area contributed by atoms with Crippen LogP contribution in [0.15, 0.2) is 11.6 Å². The fourth-order valence-electron chi connectivity index (χ4n) is 2.53. The van der Waals surface area contributed by atoms with Gasteiger partial charge in [0.05, 0.1) is 11.1 Å². The average Bonchev–Trinajstić information content (AvgIpc) is 2.86. The average molecular weight is 225 g/mol. The van der Waals surface area contributed by atoms with E-state index in [1.54, 1.807) is 11.3 Å². The van der Waals surface area contributed by atoms with E-state index in [1.807, 2.05) is 11.6 Å². The highest BCUT2D eigenvalue weighted by atomic mass is 32.1. The summed E-state index contributed by atoms with van der Waals surface area (Å²) in [5.41, 5.74) is 0. The molecule has 0 amide bonds. The van der Waals surface area contributed by atoms with Crippen LogP contribution in [0.2, 0.25) is 0 Å². The highest BCUT2D eigenvalue weighted by Crippen LogP contribution is 2.35. The Labute approximate surface area is 95.4 Å². The predicted octanol–water partition coefficient (Wildman–Crippen LogP) is 2.87. The van der Waals surface area contributed by atoms with Crippen LogP contribution in [0.1, 0.15) is 37.6 Å². The molecule has 1 aromatic rings. The molecule has 0 aromatic carbocycles. The molecule has 1 heterocycles. The number of nitrogens with zero attached hydrogens (tertiary/aromatic N) is 1. The van der Waals surface area contributed by atoms with Gasteiger partial charge >= 0.3 is 0 Å². The Morgan fingerprint density at radius 2 is 2.47 bits per heavy atom. The second-order valence-electron chi connectivity index (χ2n) is 4.54. The van der Waals surface area contributed by atoms with Crippen molar-refractivity contribution in [3.05, 3.63) is 16.6 Å². The lowest BCUT2D eigenvalue weighted by Gasteiger charge is -2.16. The first kappa shape index (κ1) is 11.1. The van der Waals surface area contributed by atoms with Crippen molar-refractivity contribution >= 4 is 11.3 Å². The molecule has 15 heavy (non-hydrogen) atoms. The normalized spacial score (nSPS) is 28.1. The van der Waals surface area contributed by atoms with Crippen molar-refractivity contribution in [3.8, 4) is 0 Å². The largest absolute Gasteiger partial charge is 0.392 e. The standard InChI is InChI=1S/C12H19NOS/c1-2-9-3-4-10(7-9)11(14)8-12-13-5-6-15-12/h5-6,9-11,14H,2-4,7-8H2,1H3. The van der Waals surface area contributed by atoms with Crippen LogP contribution in [-0.4, -0.2) is 16.2 Å². The van der Waals surface area contributed by atoms with E-state index in [2.05, 4.69) is 11.9 Å². The zero-order chi connectivity index (χ0) is 10.7. The fourth-order valence-corrected chi connectivity index (χ4v) is 3.20.